The number of carboxylic acid groups (broad SMARTS) is 1. The maximum Gasteiger partial charge on any atom is 0.471 e. The number of unbranched alkanes of at least 4 members (excludes halogenated alkanes) is 1. The molecule has 9 heteroatoms. The van der Waals surface area contributed by atoms with Crippen molar-refractivity contribution in [1.82, 2.24) is 9.97 Å². The highest BCUT2D eigenvalue weighted by Gasteiger charge is 2.39. The topological polar surface area (TPSA) is 95.1 Å². The lowest BCUT2D eigenvalue weighted by Crippen LogP contribution is -2.30. The first-order valence-electron chi connectivity index (χ1n) is 5.46. The van der Waals surface area contributed by atoms with Crippen LogP contribution >= 0.6 is 0 Å². The highest BCUT2D eigenvalue weighted by molar-refractivity contribution is 6.00. The van der Waals surface area contributed by atoms with E-state index in [9.17, 15) is 22.8 Å². The molecule has 1 aromatic heterocycles. The molecule has 19 heavy (non-hydrogen) atoms. The lowest BCUT2D eigenvalue weighted by molar-refractivity contribution is -0.167. The summed E-state index contributed by atoms with van der Waals surface area (Å²) in [5.74, 6) is -4.16. The van der Waals surface area contributed by atoms with E-state index in [0.29, 0.717) is 12.8 Å². The summed E-state index contributed by atoms with van der Waals surface area (Å²) >= 11 is 0. The van der Waals surface area contributed by atoms with Crippen molar-refractivity contribution < 1.29 is 27.9 Å². The molecule has 1 aromatic rings. The van der Waals surface area contributed by atoms with Gasteiger partial charge < -0.3 is 15.4 Å². The number of nitrogens with one attached hydrogen (secondary N) is 2. The fourth-order valence-corrected chi connectivity index (χ4v) is 1.31. The summed E-state index contributed by atoms with van der Waals surface area (Å²) in [6.07, 6.45) is -3.20. The molecule has 1 heterocycles. The summed E-state index contributed by atoms with van der Waals surface area (Å²) < 4.78 is 36.2. The fourth-order valence-electron chi connectivity index (χ4n) is 1.31. The molecule has 0 saturated carbocycles. The molecule has 1 amide bonds. The van der Waals surface area contributed by atoms with E-state index in [0.717, 1.165) is 6.42 Å². The number of alkyl halides is 3. The molecule has 3 N–H and O–H groups in total. The van der Waals surface area contributed by atoms with Gasteiger partial charge in [0.05, 0.1) is 0 Å². The Morgan fingerprint density at radius 2 is 2.05 bits per heavy atom. The average molecular weight is 279 g/mol. The van der Waals surface area contributed by atoms with Crippen LogP contribution in [0.25, 0.3) is 0 Å². The third-order valence-corrected chi connectivity index (χ3v) is 2.22. The van der Waals surface area contributed by atoms with E-state index in [-0.39, 0.29) is 5.82 Å². The number of carboxylic acids is 1. The number of aromatic carboxylic acids is 1. The number of imidazole rings is 1. The lowest BCUT2D eigenvalue weighted by Gasteiger charge is -2.05. The maximum absolute atomic E-state index is 12.1. The minimum atomic E-state index is -5.10. The summed E-state index contributed by atoms with van der Waals surface area (Å²) in [6.45, 7) is 1.90. The van der Waals surface area contributed by atoms with Gasteiger partial charge in [-0.2, -0.15) is 13.2 Å². The molecule has 6 nitrogen and oxygen atoms in total. The molecule has 106 valence electrons. The second-order valence-electron chi connectivity index (χ2n) is 3.77. The van der Waals surface area contributed by atoms with Crippen LogP contribution in [0.2, 0.25) is 0 Å². The number of carbonyl (C=O) groups excluding carboxylic acids is 1. The van der Waals surface area contributed by atoms with E-state index in [1.807, 2.05) is 6.92 Å². The summed E-state index contributed by atoms with van der Waals surface area (Å²) in [4.78, 5) is 27.6. The standard InChI is InChI=1S/C10H12F3N3O3/c1-2-3-4-5-14-6(8(17)18)7(15-5)16-9(19)10(11,12)13/h2-4H2,1H3,(H,14,15)(H,16,19)(H,17,18). The number of aryl methyl sites for hydroxylation is 1. The molecule has 0 aliphatic heterocycles. The van der Waals surface area contributed by atoms with Gasteiger partial charge in [-0.3, -0.25) is 4.79 Å². The molecule has 0 saturated heterocycles. The van der Waals surface area contributed by atoms with Crippen molar-refractivity contribution in [2.45, 2.75) is 32.4 Å². The number of amides is 1. The van der Waals surface area contributed by atoms with E-state index in [1.165, 1.54) is 5.32 Å². The molecule has 1 rings (SSSR count). The number of nitrogens with zero attached hydrogens (tertiary/aromatic N) is 1. The van der Waals surface area contributed by atoms with Crippen molar-refractivity contribution in [3.05, 3.63) is 11.5 Å². The molecule has 0 aliphatic carbocycles. The van der Waals surface area contributed by atoms with Gasteiger partial charge in [0.1, 0.15) is 5.82 Å². The smallest absolute Gasteiger partial charge is 0.471 e. The molecule has 0 spiro atoms. The molecule has 0 fully saturated rings. The number of H-pyrrole nitrogens is 1. The average Bonchev–Trinajstić information content (AvgIpc) is 2.68. The van der Waals surface area contributed by atoms with E-state index in [2.05, 4.69) is 9.97 Å². The highest BCUT2D eigenvalue weighted by Crippen LogP contribution is 2.20. The Labute approximate surface area is 106 Å². The van der Waals surface area contributed by atoms with Gasteiger partial charge in [0, 0.05) is 6.42 Å². The van der Waals surface area contributed by atoms with E-state index >= 15 is 0 Å². The van der Waals surface area contributed by atoms with Crippen molar-refractivity contribution >= 4 is 17.7 Å². The van der Waals surface area contributed by atoms with Crippen molar-refractivity contribution in [1.29, 1.82) is 0 Å². The van der Waals surface area contributed by atoms with E-state index in [1.54, 1.807) is 0 Å². The molecular weight excluding hydrogens is 267 g/mol. The van der Waals surface area contributed by atoms with Crippen LogP contribution in [-0.4, -0.2) is 33.1 Å². The Kier molecular flexibility index (Phi) is 4.52. The number of hydrogen-bond donors (Lipinski definition) is 3. The normalized spacial score (nSPS) is 11.4. The zero-order valence-electron chi connectivity index (χ0n) is 9.97. The van der Waals surface area contributed by atoms with Crippen LogP contribution in [0.3, 0.4) is 0 Å². The van der Waals surface area contributed by atoms with Crippen LogP contribution in [0.4, 0.5) is 19.0 Å². The third kappa shape index (κ3) is 3.97. The highest BCUT2D eigenvalue weighted by atomic mass is 19.4. The molecule has 0 aliphatic rings. The second-order valence-corrected chi connectivity index (χ2v) is 3.77. The van der Waals surface area contributed by atoms with E-state index in [4.69, 9.17) is 5.11 Å². The molecule has 0 unspecified atom stereocenters. The van der Waals surface area contributed by atoms with Gasteiger partial charge in [0.25, 0.3) is 0 Å². The predicted molar refractivity (Wildman–Crippen MR) is 58.8 cm³/mol. The minimum absolute atomic E-state index is 0.219. The largest absolute Gasteiger partial charge is 0.476 e. The number of halogens is 3. The summed E-state index contributed by atoms with van der Waals surface area (Å²) in [5.41, 5.74) is -0.566. The fraction of sp³-hybridized carbons (Fsp3) is 0.500. The summed E-state index contributed by atoms with van der Waals surface area (Å²) in [7, 11) is 0. The second kappa shape index (κ2) is 5.72. The number of aromatic nitrogens is 2. The predicted octanol–water partition coefficient (Wildman–Crippen LogP) is 1.95. The van der Waals surface area contributed by atoms with Crippen molar-refractivity contribution in [3.63, 3.8) is 0 Å². The Balaban J connectivity index is 2.95. The number of carbonyl (C=O) groups is 2. The molecule has 0 radical (unpaired) electrons. The van der Waals surface area contributed by atoms with E-state index < -0.39 is 29.6 Å². The zero-order valence-corrected chi connectivity index (χ0v) is 9.97. The maximum atomic E-state index is 12.1. The van der Waals surface area contributed by atoms with Gasteiger partial charge in [-0.05, 0) is 6.42 Å². The molecular formula is C10H12F3N3O3. The first-order chi connectivity index (χ1) is 8.75. The van der Waals surface area contributed by atoms with Crippen molar-refractivity contribution in [3.8, 4) is 0 Å². The monoisotopic (exact) mass is 279 g/mol. The minimum Gasteiger partial charge on any atom is -0.476 e. The summed E-state index contributed by atoms with van der Waals surface area (Å²) in [5, 5.41) is 10.3. The SMILES string of the molecule is CCCCc1nc(NC(=O)C(F)(F)F)c(C(=O)O)[nH]1. The van der Waals surface area contributed by atoms with Gasteiger partial charge in [-0.1, -0.05) is 13.3 Å². The van der Waals surface area contributed by atoms with Crippen molar-refractivity contribution in [2.75, 3.05) is 5.32 Å². The van der Waals surface area contributed by atoms with Gasteiger partial charge >= 0.3 is 18.1 Å². The van der Waals surface area contributed by atoms with Gasteiger partial charge in [-0.25, -0.2) is 9.78 Å². The quantitative estimate of drug-likeness (QED) is 0.767. The number of rotatable bonds is 5. The molecule has 0 aromatic carbocycles. The van der Waals surface area contributed by atoms with Crippen molar-refractivity contribution in [2.24, 2.45) is 0 Å². The number of anilines is 1. The summed E-state index contributed by atoms with van der Waals surface area (Å²) in [6, 6.07) is 0. The van der Waals surface area contributed by atoms with Crippen LogP contribution in [0.15, 0.2) is 0 Å². The number of aromatic amines is 1. The number of hydrogen-bond acceptors (Lipinski definition) is 3. The first kappa shape index (κ1) is 15.0. The Hall–Kier alpha value is -2.06. The third-order valence-electron chi connectivity index (χ3n) is 2.22. The van der Waals surface area contributed by atoms with Gasteiger partial charge in [-0.15, -0.1) is 0 Å². The van der Waals surface area contributed by atoms with Crippen LogP contribution in [0, 0.1) is 0 Å². The lowest BCUT2D eigenvalue weighted by atomic mass is 10.2. The van der Waals surface area contributed by atoms with Crippen LogP contribution < -0.4 is 5.32 Å². The van der Waals surface area contributed by atoms with Crippen LogP contribution in [0.5, 0.6) is 0 Å². The zero-order chi connectivity index (χ0) is 14.6. The Morgan fingerprint density at radius 1 is 1.42 bits per heavy atom. The Morgan fingerprint density at radius 3 is 2.53 bits per heavy atom. The molecule has 0 atom stereocenters. The van der Waals surface area contributed by atoms with Crippen LogP contribution in [-0.2, 0) is 11.2 Å². The molecule has 0 bridgehead atoms. The van der Waals surface area contributed by atoms with Crippen LogP contribution in [0.1, 0.15) is 36.1 Å². The van der Waals surface area contributed by atoms with Gasteiger partial charge in [0.2, 0.25) is 0 Å². The first-order valence-corrected chi connectivity index (χ1v) is 5.46. The Bertz CT molecular complexity index is 482. The van der Waals surface area contributed by atoms with Gasteiger partial charge in [0.15, 0.2) is 11.5 Å².